The maximum absolute atomic E-state index is 13.0. The average Bonchev–Trinajstić information content (AvgIpc) is 3.19. The molecular formula is C21H17ClF3NO5. The Bertz CT molecular complexity index is 1070. The van der Waals surface area contributed by atoms with Crippen molar-refractivity contribution in [2.45, 2.75) is 25.8 Å². The lowest BCUT2D eigenvalue weighted by Crippen LogP contribution is -2.19. The maximum Gasteiger partial charge on any atom is 0.416 e. The van der Waals surface area contributed by atoms with Crippen molar-refractivity contribution in [3.63, 3.8) is 0 Å². The second-order valence-electron chi connectivity index (χ2n) is 6.38. The minimum absolute atomic E-state index is 0.0269. The number of carboxylic acid groups (broad SMARTS) is 1. The van der Waals surface area contributed by atoms with Crippen LogP contribution in [0, 0.1) is 0 Å². The fraction of sp³-hybridized carbons (Fsp3) is 0.238. The number of aromatic nitrogens is 1. The van der Waals surface area contributed by atoms with Gasteiger partial charge in [0.2, 0.25) is 12.0 Å². The molecule has 0 spiro atoms. The standard InChI is InChI=1S/C21H17ClF3NO5/c1-2-29-10-15-11-30-19(26-15)16-9-14(22)6-7-17(16)31-18(20(27)28)12-4-3-5-13(8-12)21(23,24)25/h3-9,11,18H,2,10H2,1H3,(H,27,28). The van der Waals surface area contributed by atoms with Crippen molar-refractivity contribution >= 4 is 17.6 Å². The Kier molecular flexibility index (Phi) is 6.87. The molecular weight excluding hydrogens is 439 g/mol. The largest absolute Gasteiger partial charge is 0.478 e. The third-order valence-electron chi connectivity index (χ3n) is 4.16. The van der Waals surface area contributed by atoms with Gasteiger partial charge in [-0.25, -0.2) is 9.78 Å². The van der Waals surface area contributed by atoms with Crippen LogP contribution in [0.2, 0.25) is 5.02 Å². The predicted octanol–water partition coefficient (Wildman–Crippen LogP) is 5.76. The molecule has 0 radical (unpaired) electrons. The molecule has 2 aromatic carbocycles. The van der Waals surface area contributed by atoms with E-state index in [1.54, 1.807) is 0 Å². The highest BCUT2D eigenvalue weighted by atomic mass is 35.5. The highest BCUT2D eigenvalue weighted by molar-refractivity contribution is 6.30. The summed E-state index contributed by atoms with van der Waals surface area (Å²) < 4.78 is 55.4. The molecule has 0 bridgehead atoms. The number of oxazole rings is 1. The SMILES string of the molecule is CCOCc1coc(-c2cc(Cl)ccc2OC(C(=O)O)c2cccc(C(F)(F)F)c2)n1. The minimum Gasteiger partial charge on any atom is -0.478 e. The molecule has 0 aliphatic rings. The van der Waals surface area contributed by atoms with Crippen LogP contribution in [0.4, 0.5) is 13.2 Å². The molecule has 3 aromatic rings. The maximum atomic E-state index is 13.0. The molecule has 0 amide bonds. The van der Waals surface area contributed by atoms with Crippen molar-refractivity contribution in [3.05, 3.63) is 70.6 Å². The number of benzene rings is 2. The Morgan fingerprint density at radius 1 is 1.26 bits per heavy atom. The Morgan fingerprint density at radius 2 is 2.03 bits per heavy atom. The molecule has 1 aromatic heterocycles. The van der Waals surface area contributed by atoms with Crippen molar-refractivity contribution in [2.75, 3.05) is 6.61 Å². The summed E-state index contributed by atoms with van der Waals surface area (Å²) in [5.41, 5.74) is -0.416. The van der Waals surface area contributed by atoms with Crippen molar-refractivity contribution in [1.82, 2.24) is 4.98 Å². The van der Waals surface area contributed by atoms with Crippen molar-refractivity contribution in [3.8, 4) is 17.2 Å². The van der Waals surface area contributed by atoms with E-state index < -0.39 is 23.8 Å². The molecule has 0 saturated carbocycles. The molecule has 1 atom stereocenters. The van der Waals surface area contributed by atoms with E-state index in [1.807, 2.05) is 6.92 Å². The van der Waals surface area contributed by atoms with E-state index in [0.29, 0.717) is 17.3 Å². The Balaban J connectivity index is 1.97. The molecule has 6 nitrogen and oxygen atoms in total. The zero-order valence-electron chi connectivity index (χ0n) is 16.1. The smallest absolute Gasteiger partial charge is 0.416 e. The van der Waals surface area contributed by atoms with Gasteiger partial charge in [0, 0.05) is 17.2 Å². The summed E-state index contributed by atoms with van der Waals surface area (Å²) in [6.45, 7) is 2.51. The monoisotopic (exact) mass is 455 g/mol. The molecule has 0 saturated heterocycles. The Hall–Kier alpha value is -3.04. The van der Waals surface area contributed by atoms with Gasteiger partial charge in [-0.1, -0.05) is 23.7 Å². The number of alkyl halides is 3. The summed E-state index contributed by atoms with van der Waals surface area (Å²) in [4.78, 5) is 16.1. The average molecular weight is 456 g/mol. The fourth-order valence-corrected chi connectivity index (χ4v) is 2.91. The molecule has 31 heavy (non-hydrogen) atoms. The van der Waals surface area contributed by atoms with E-state index in [0.717, 1.165) is 18.2 Å². The summed E-state index contributed by atoms with van der Waals surface area (Å²) in [6.07, 6.45) is -4.96. The van der Waals surface area contributed by atoms with Crippen LogP contribution in [0.1, 0.15) is 29.8 Å². The van der Waals surface area contributed by atoms with Crippen LogP contribution in [-0.2, 0) is 22.3 Å². The zero-order chi connectivity index (χ0) is 22.6. The van der Waals surface area contributed by atoms with Crippen LogP contribution in [0.5, 0.6) is 5.75 Å². The summed E-state index contributed by atoms with van der Waals surface area (Å²) in [5.74, 6) is -1.34. The van der Waals surface area contributed by atoms with E-state index in [1.165, 1.54) is 30.5 Å². The summed E-state index contributed by atoms with van der Waals surface area (Å²) in [6, 6.07) is 8.26. The lowest BCUT2D eigenvalue weighted by atomic mass is 10.1. The van der Waals surface area contributed by atoms with Crippen LogP contribution >= 0.6 is 11.6 Å². The van der Waals surface area contributed by atoms with Gasteiger partial charge in [-0.3, -0.25) is 0 Å². The highest BCUT2D eigenvalue weighted by Crippen LogP contribution is 2.36. The van der Waals surface area contributed by atoms with Gasteiger partial charge in [-0.2, -0.15) is 13.2 Å². The van der Waals surface area contributed by atoms with Crippen LogP contribution in [0.15, 0.2) is 53.1 Å². The number of hydrogen-bond acceptors (Lipinski definition) is 5. The van der Waals surface area contributed by atoms with Crippen LogP contribution in [0.25, 0.3) is 11.5 Å². The van der Waals surface area contributed by atoms with Gasteiger partial charge in [0.15, 0.2) is 0 Å². The number of aliphatic carboxylic acids is 1. The third-order valence-corrected chi connectivity index (χ3v) is 4.40. The van der Waals surface area contributed by atoms with Gasteiger partial charge in [0.1, 0.15) is 17.7 Å². The Labute approximate surface area is 180 Å². The van der Waals surface area contributed by atoms with E-state index in [-0.39, 0.29) is 29.4 Å². The highest BCUT2D eigenvalue weighted by Gasteiger charge is 2.32. The normalized spacial score (nSPS) is 12.5. The molecule has 0 fully saturated rings. The summed E-state index contributed by atoms with van der Waals surface area (Å²) in [7, 11) is 0. The van der Waals surface area contributed by atoms with E-state index in [9.17, 15) is 23.1 Å². The van der Waals surface area contributed by atoms with Gasteiger partial charge in [0.05, 0.1) is 17.7 Å². The first-order chi connectivity index (χ1) is 14.7. The molecule has 1 unspecified atom stereocenters. The number of ether oxygens (including phenoxy) is 2. The van der Waals surface area contributed by atoms with Crippen molar-refractivity contribution < 1.29 is 37.0 Å². The number of carboxylic acids is 1. The van der Waals surface area contributed by atoms with Gasteiger partial charge in [0.25, 0.3) is 0 Å². The second-order valence-corrected chi connectivity index (χ2v) is 6.82. The van der Waals surface area contributed by atoms with E-state index in [4.69, 9.17) is 25.5 Å². The number of hydrogen-bond donors (Lipinski definition) is 1. The van der Waals surface area contributed by atoms with E-state index >= 15 is 0 Å². The minimum atomic E-state index is -4.63. The molecule has 3 rings (SSSR count). The van der Waals surface area contributed by atoms with Gasteiger partial charge in [-0.15, -0.1) is 0 Å². The molecule has 0 aliphatic carbocycles. The first kappa shape index (κ1) is 22.6. The lowest BCUT2D eigenvalue weighted by molar-refractivity contribution is -0.146. The number of halogens is 4. The predicted molar refractivity (Wildman–Crippen MR) is 105 cm³/mol. The topological polar surface area (TPSA) is 81.8 Å². The fourth-order valence-electron chi connectivity index (χ4n) is 2.74. The Morgan fingerprint density at radius 3 is 2.71 bits per heavy atom. The van der Waals surface area contributed by atoms with Crippen molar-refractivity contribution in [1.29, 1.82) is 0 Å². The lowest BCUT2D eigenvalue weighted by Gasteiger charge is -2.18. The molecule has 1 heterocycles. The van der Waals surface area contributed by atoms with Crippen LogP contribution in [0.3, 0.4) is 0 Å². The number of nitrogens with zero attached hydrogens (tertiary/aromatic N) is 1. The first-order valence-corrected chi connectivity index (χ1v) is 9.45. The number of rotatable bonds is 8. The molecule has 10 heteroatoms. The molecule has 1 N–H and O–H groups in total. The van der Waals surface area contributed by atoms with E-state index in [2.05, 4.69) is 4.98 Å². The molecule has 0 aliphatic heterocycles. The van der Waals surface area contributed by atoms with Gasteiger partial charge < -0.3 is 19.0 Å². The summed E-state index contributed by atoms with van der Waals surface area (Å²) >= 11 is 6.05. The quantitative estimate of drug-likeness (QED) is 0.465. The molecule has 164 valence electrons. The second kappa shape index (κ2) is 9.40. The number of carbonyl (C=O) groups is 1. The van der Waals surface area contributed by atoms with Crippen molar-refractivity contribution in [2.24, 2.45) is 0 Å². The van der Waals surface area contributed by atoms with Gasteiger partial charge >= 0.3 is 12.1 Å². The van der Waals surface area contributed by atoms with Crippen LogP contribution in [-0.4, -0.2) is 22.7 Å². The van der Waals surface area contributed by atoms with Gasteiger partial charge in [-0.05, 0) is 37.3 Å². The first-order valence-electron chi connectivity index (χ1n) is 9.07. The zero-order valence-corrected chi connectivity index (χ0v) is 16.9. The third kappa shape index (κ3) is 5.56. The summed E-state index contributed by atoms with van der Waals surface area (Å²) in [5, 5.41) is 9.91. The van der Waals surface area contributed by atoms with Crippen LogP contribution < -0.4 is 4.74 Å².